The molecule has 5 nitrogen and oxygen atoms in total. The molecule has 1 saturated heterocycles. The largest absolute Gasteiger partial charge is 0.490 e. The van der Waals surface area contributed by atoms with Gasteiger partial charge in [-0.25, -0.2) is 9.78 Å². The fourth-order valence-corrected chi connectivity index (χ4v) is 3.58. The molecule has 1 fully saturated rings. The molecule has 1 aromatic carbocycles. The minimum atomic E-state index is -0.499. The van der Waals surface area contributed by atoms with Crippen LogP contribution in [-0.2, 0) is 4.74 Å². The molecule has 1 aliphatic rings. The molecule has 2 aromatic rings. The van der Waals surface area contributed by atoms with E-state index in [9.17, 15) is 4.79 Å². The topological polar surface area (TPSA) is 51.7 Å². The third kappa shape index (κ3) is 5.77. The van der Waals surface area contributed by atoms with E-state index in [2.05, 4.69) is 4.98 Å². The van der Waals surface area contributed by atoms with Crippen molar-refractivity contribution in [3.05, 3.63) is 46.1 Å². The van der Waals surface area contributed by atoms with Gasteiger partial charge in [0.15, 0.2) is 10.9 Å². The van der Waals surface area contributed by atoms with Crippen LogP contribution in [0.2, 0.25) is 10.2 Å². The summed E-state index contributed by atoms with van der Waals surface area (Å²) in [7, 11) is 0. The smallest absolute Gasteiger partial charge is 0.410 e. The van der Waals surface area contributed by atoms with Gasteiger partial charge >= 0.3 is 6.09 Å². The average Bonchev–Trinajstić information content (AvgIpc) is 3.11. The Morgan fingerprint density at radius 3 is 2.59 bits per heavy atom. The molecule has 0 bridgehead atoms. The van der Waals surface area contributed by atoms with Crippen molar-refractivity contribution in [1.29, 1.82) is 0 Å². The Morgan fingerprint density at radius 1 is 1.24 bits per heavy atom. The first-order chi connectivity index (χ1) is 13.6. The highest BCUT2D eigenvalue weighted by atomic mass is 35.5. The van der Waals surface area contributed by atoms with E-state index in [4.69, 9.17) is 32.7 Å². The maximum Gasteiger partial charge on any atom is 0.410 e. The summed E-state index contributed by atoms with van der Waals surface area (Å²) < 4.78 is 11.3. The number of halogens is 2. The van der Waals surface area contributed by atoms with Gasteiger partial charge in [0, 0.05) is 30.6 Å². The molecular weight excluding hydrogens is 411 g/mol. The second-order valence-corrected chi connectivity index (χ2v) is 9.13. The van der Waals surface area contributed by atoms with E-state index in [0.29, 0.717) is 36.2 Å². The van der Waals surface area contributed by atoms with Gasteiger partial charge in [0.2, 0.25) is 0 Å². The van der Waals surface area contributed by atoms with Gasteiger partial charge in [-0.2, -0.15) is 0 Å². The first-order valence-electron chi connectivity index (χ1n) is 9.66. The molecule has 0 aliphatic carbocycles. The van der Waals surface area contributed by atoms with Crippen molar-refractivity contribution in [2.45, 2.75) is 39.7 Å². The number of carbonyl (C=O) groups is 1. The molecule has 156 valence electrons. The number of aromatic nitrogens is 1. The van der Waals surface area contributed by atoms with Crippen molar-refractivity contribution in [1.82, 2.24) is 9.88 Å². The van der Waals surface area contributed by atoms with Crippen LogP contribution in [0.1, 0.15) is 32.8 Å². The van der Waals surface area contributed by atoms with Crippen molar-refractivity contribution in [3.63, 3.8) is 0 Å². The predicted octanol–water partition coefficient (Wildman–Crippen LogP) is 6.00. The summed E-state index contributed by atoms with van der Waals surface area (Å²) in [5, 5.41) is 0.752. The minimum Gasteiger partial charge on any atom is -0.490 e. The Bertz CT molecular complexity index is 879. The highest BCUT2D eigenvalue weighted by Crippen LogP contribution is 2.34. The standard InChI is InChI=1S/C22H26Cl2N2O3/c1-14-5-7-16(8-6-14)19-17(23)11-18(20(24)25-19)28-13-15-9-10-26(12-15)21(27)29-22(2,3)4/h5-8,11,15H,9-10,12-13H2,1-4H3/t15-/m1/s1. The summed E-state index contributed by atoms with van der Waals surface area (Å²) in [5.74, 6) is 0.650. The number of likely N-dealkylation sites (tertiary alicyclic amines) is 1. The monoisotopic (exact) mass is 436 g/mol. The number of amides is 1. The van der Waals surface area contributed by atoms with Crippen molar-refractivity contribution in [2.75, 3.05) is 19.7 Å². The van der Waals surface area contributed by atoms with Crippen LogP contribution in [0.4, 0.5) is 4.79 Å². The fourth-order valence-electron chi connectivity index (χ4n) is 3.13. The van der Waals surface area contributed by atoms with Crippen molar-refractivity contribution < 1.29 is 14.3 Å². The van der Waals surface area contributed by atoms with Crippen molar-refractivity contribution in [2.24, 2.45) is 5.92 Å². The van der Waals surface area contributed by atoms with Gasteiger partial charge in [0.05, 0.1) is 17.3 Å². The molecule has 0 unspecified atom stereocenters. The van der Waals surface area contributed by atoms with Crippen molar-refractivity contribution in [3.8, 4) is 17.0 Å². The van der Waals surface area contributed by atoms with Crippen LogP contribution in [0, 0.1) is 12.8 Å². The lowest BCUT2D eigenvalue weighted by molar-refractivity contribution is 0.0285. The Morgan fingerprint density at radius 2 is 1.93 bits per heavy atom. The normalized spacial score (nSPS) is 16.8. The van der Waals surface area contributed by atoms with Gasteiger partial charge in [-0.3, -0.25) is 0 Å². The number of rotatable bonds is 4. The number of hydrogen-bond acceptors (Lipinski definition) is 4. The van der Waals surface area contributed by atoms with Crippen LogP contribution >= 0.6 is 23.2 Å². The van der Waals surface area contributed by atoms with Crippen LogP contribution in [-0.4, -0.2) is 41.3 Å². The van der Waals surface area contributed by atoms with Crippen LogP contribution < -0.4 is 4.74 Å². The highest BCUT2D eigenvalue weighted by Gasteiger charge is 2.30. The van der Waals surface area contributed by atoms with Crippen LogP contribution in [0.3, 0.4) is 0 Å². The summed E-state index contributed by atoms with van der Waals surface area (Å²) in [6.07, 6.45) is 0.560. The molecule has 29 heavy (non-hydrogen) atoms. The molecule has 1 amide bonds. The second-order valence-electron chi connectivity index (χ2n) is 8.37. The highest BCUT2D eigenvalue weighted by molar-refractivity contribution is 6.35. The number of pyridine rings is 1. The Hall–Kier alpha value is -1.98. The number of benzene rings is 1. The van der Waals surface area contributed by atoms with Crippen molar-refractivity contribution >= 4 is 29.3 Å². The number of hydrogen-bond donors (Lipinski definition) is 0. The molecule has 0 saturated carbocycles. The maximum absolute atomic E-state index is 12.2. The molecule has 0 radical (unpaired) electrons. The number of ether oxygens (including phenoxy) is 2. The molecular formula is C22H26Cl2N2O3. The van der Waals surface area contributed by atoms with Crippen LogP contribution in [0.25, 0.3) is 11.3 Å². The first kappa shape index (κ1) is 21.7. The quantitative estimate of drug-likeness (QED) is 0.551. The molecule has 3 rings (SSSR count). The second kappa shape index (κ2) is 8.80. The molecule has 0 N–H and O–H groups in total. The van der Waals surface area contributed by atoms with E-state index in [1.165, 1.54) is 0 Å². The van der Waals surface area contributed by atoms with Gasteiger partial charge in [-0.1, -0.05) is 53.0 Å². The van der Waals surface area contributed by atoms with Gasteiger partial charge in [-0.15, -0.1) is 0 Å². The third-order valence-electron chi connectivity index (χ3n) is 4.63. The Kier molecular flexibility index (Phi) is 6.59. The average molecular weight is 437 g/mol. The zero-order valence-electron chi connectivity index (χ0n) is 17.2. The fraction of sp³-hybridized carbons (Fsp3) is 0.455. The van der Waals surface area contributed by atoms with E-state index < -0.39 is 5.60 Å². The summed E-state index contributed by atoms with van der Waals surface area (Å²) >= 11 is 12.8. The Balaban J connectivity index is 1.61. The lowest BCUT2D eigenvalue weighted by atomic mass is 10.1. The summed E-state index contributed by atoms with van der Waals surface area (Å²) in [5.41, 5.74) is 2.19. The van der Waals surface area contributed by atoms with Gasteiger partial charge in [0.25, 0.3) is 0 Å². The third-order valence-corrected chi connectivity index (χ3v) is 5.19. The van der Waals surface area contributed by atoms with E-state index in [1.54, 1.807) is 11.0 Å². The molecule has 7 heteroatoms. The summed E-state index contributed by atoms with van der Waals surface area (Å²) in [6.45, 7) is 9.29. The van der Waals surface area contributed by atoms with Crippen LogP contribution in [0.15, 0.2) is 30.3 Å². The number of aryl methyl sites for hydroxylation is 1. The molecule has 1 aliphatic heterocycles. The van der Waals surface area contributed by atoms with E-state index >= 15 is 0 Å². The van der Waals surface area contributed by atoms with Crippen LogP contribution in [0.5, 0.6) is 5.75 Å². The summed E-state index contributed by atoms with van der Waals surface area (Å²) in [4.78, 5) is 18.3. The zero-order valence-corrected chi connectivity index (χ0v) is 18.7. The van der Waals surface area contributed by atoms with E-state index in [-0.39, 0.29) is 17.2 Å². The van der Waals surface area contributed by atoms with Gasteiger partial charge in [0.1, 0.15) is 5.60 Å². The Labute approximate surface area is 181 Å². The van der Waals surface area contributed by atoms with E-state index in [0.717, 1.165) is 17.5 Å². The summed E-state index contributed by atoms with van der Waals surface area (Å²) in [6, 6.07) is 9.63. The molecule has 1 aromatic heterocycles. The molecule has 2 heterocycles. The lowest BCUT2D eigenvalue weighted by Crippen LogP contribution is -2.35. The number of carbonyl (C=O) groups excluding carboxylic acids is 1. The predicted molar refractivity (Wildman–Crippen MR) is 116 cm³/mol. The first-order valence-corrected chi connectivity index (χ1v) is 10.4. The van der Waals surface area contributed by atoms with Gasteiger partial charge < -0.3 is 14.4 Å². The lowest BCUT2D eigenvalue weighted by Gasteiger charge is -2.24. The molecule has 0 spiro atoms. The molecule has 1 atom stereocenters. The SMILES string of the molecule is Cc1ccc(-c2nc(Cl)c(OC[C@@H]3CCN(C(=O)OC(C)(C)C)C3)cc2Cl)cc1. The maximum atomic E-state index is 12.2. The van der Waals surface area contributed by atoms with E-state index in [1.807, 2.05) is 52.0 Å². The van der Waals surface area contributed by atoms with Gasteiger partial charge in [-0.05, 0) is 34.1 Å². The number of nitrogens with zero attached hydrogens (tertiary/aromatic N) is 2. The zero-order chi connectivity index (χ0) is 21.2. The minimum absolute atomic E-state index is 0.203.